The van der Waals surface area contributed by atoms with Crippen molar-refractivity contribution in [3.63, 3.8) is 0 Å². The summed E-state index contributed by atoms with van der Waals surface area (Å²) in [6, 6.07) is 0. The Labute approximate surface area is 72.4 Å². The Hall–Kier alpha value is -0.900. The predicted molar refractivity (Wildman–Crippen MR) is 45.9 cm³/mol. The Morgan fingerprint density at radius 3 is 2.92 bits per heavy atom. The minimum Gasteiger partial charge on any atom is -0.339 e. The van der Waals surface area contributed by atoms with Crippen LogP contribution in [0.2, 0.25) is 0 Å². The van der Waals surface area contributed by atoms with Gasteiger partial charge in [0.25, 0.3) is 0 Å². The number of aromatic nitrogens is 2. The molecule has 0 fully saturated rings. The quantitative estimate of drug-likeness (QED) is 0.707. The first-order chi connectivity index (χ1) is 5.86. The van der Waals surface area contributed by atoms with Crippen LogP contribution in [0.25, 0.3) is 0 Å². The van der Waals surface area contributed by atoms with Crippen LogP contribution in [-0.2, 0) is 12.8 Å². The Bertz CT molecular complexity index is 222. The highest BCUT2D eigenvalue weighted by Crippen LogP contribution is 1.99. The third-order valence-corrected chi connectivity index (χ3v) is 1.57. The SMILES string of the molecule is CCCc1noc(CCNC)n1. The van der Waals surface area contributed by atoms with E-state index in [9.17, 15) is 0 Å². The molecule has 0 bridgehead atoms. The molecule has 1 aromatic heterocycles. The summed E-state index contributed by atoms with van der Waals surface area (Å²) in [5.41, 5.74) is 0. The zero-order valence-corrected chi connectivity index (χ0v) is 7.63. The van der Waals surface area contributed by atoms with E-state index in [2.05, 4.69) is 22.4 Å². The first kappa shape index (κ1) is 9.19. The predicted octanol–water partition coefficient (Wildman–Crippen LogP) is 0.784. The molecule has 0 saturated heterocycles. The van der Waals surface area contributed by atoms with E-state index in [0.29, 0.717) is 0 Å². The van der Waals surface area contributed by atoms with Crippen LogP contribution in [0.3, 0.4) is 0 Å². The number of nitrogens with one attached hydrogen (secondary N) is 1. The largest absolute Gasteiger partial charge is 0.339 e. The molecule has 1 aromatic rings. The number of nitrogens with zero attached hydrogens (tertiary/aromatic N) is 2. The third-order valence-electron chi connectivity index (χ3n) is 1.57. The highest BCUT2D eigenvalue weighted by Gasteiger charge is 2.03. The molecule has 0 atom stereocenters. The fraction of sp³-hybridized carbons (Fsp3) is 0.750. The first-order valence-electron chi connectivity index (χ1n) is 4.33. The van der Waals surface area contributed by atoms with E-state index in [1.165, 1.54) is 0 Å². The van der Waals surface area contributed by atoms with Crippen molar-refractivity contribution >= 4 is 0 Å². The van der Waals surface area contributed by atoms with Crippen LogP contribution in [0.4, 0.5) is 0 Å². The Morgan fingerprint density at radius 2 is 2.25 bits per heavy atom. The summed E-state index contributed by atoms with van der Waals surface area (Å²) >= 11 is 0. The van der Waals surface area contributed by atoms with Gasteiger partial charge in [-0.3, -0.25) is 0 Å². The van der Waals surface area contributed by atoms with Gasteiger partial charge in [-0.25, -0.2) is 0 Å². The molecule has 0 amide bonds. The van der Waals surface area contributed by atoms with Gasteiger partial charge in [0.05, 0.1) is 0 Å². The topological polar surface area (TPSA) is 51.0 Å². The van der Waals surface area contributed by atoms with Crippen molar-refractivity contribution in [1.82, 2.24) is 15.5 Å². The molecule has 0 unspecified atom stereocenters. The van der Waals surface area contributed by atoms with E-state index >= 15 is 0 Å². The van der Waals surface area contributed by atoms with Gasteiger partial charge in [0.15, 0.2) is 5.82 Å². The number of likely N-dealkylation sites (N-methyl/N-ethyl adjacent to an activating group) is 1. The van der Waals surface area contributed by atoms with Gasteiger partial charge in [0, 0.05) is 19.4 Å². The zero-order valence-electron chi connectivity index (χ0n) is 7.63. The number of rotatable bonds is 5. The molecule has 0 saturated carbocycles. The number of hydrogen-bond donors (Lipinski definition) is 1. The van der Waals surface area contributed by atoms with Crippen LogP contribution < -0.4 is 5.32 Å². The van der Waals surface area contributed by atoms with Crippen molar-refractivity contribution in [2.45, 2.75) is 26.2 Å². The Balaban J connectivity index is 2.41. The monoisotopic (exact) mass is 169 g/mol. The second-order valence-electron chi connectivity index (χ2n) is 2.71. The van der Waals surface area contributed by atoms with Crippen molar-refractivity contribution in [3.8, 4) is 0 Å². The molecule has 0 radical (unpaired) electrons. The van der Waals surface area contributed by atoms with Crippen molar-refractivity contribution in [3.05, 3.63) is 11.7 Å². The van der Waals surface area contributed by atoms with Gasteiger partial charge in [0.2, 0.25) is 5.89 Å². The molecule has 0 aromatic carbocycles. The summed E-state index contributed by atoms with van der Waals surface area (Å²) in [7, 11) is 1.91. The molecule has 0 aliphatic heterocycles. The molecule has 0 aliphatic carbocycles. The van der Waals surface area contributed by atoms with Crippen LogP contribution >= 0.6 is 0 Å². The second kappa shape index (κ2) is 4.87. The lowest BCUT2D eigenvalue weighted by Gasteiger charge is -1.90. The maximum Gasteiger partial charge on any atom is 0.227 e. The van der Waals surface area contributed by atoms with Crippen molar-refractivity contribution in [2.24, 2.45) is 0 Å². The van der Waals surface area contributed by atoms with Gasteiger partial charge < -0.3 is 9.84 Å². The lowest BCUT2D eigenvalue weighted by Crippen LogP contribution is -2.10. The highest BCUT2D eigenvalue weighted by molar-refractivity contribution is 4.86. The standard InChI is InChI=1S/C8H15N3O/c1-3-4-7-10-8(12-11-7)5-6-9-2/h9H,3-6H2,1-2H3. The summed E-state index contributed by atoms with van der Waals surface area (Å²) in [5.74, 6) is 1.55. The van der Waals surface area contributed by atoms with E-state index in [0.717, 1.165) is 37.5 Å². The van der Waals surface area contributed by atoms with Gasteiger partial charge in [0.1, 0.15) is 0 Å². The lowest BCUT2D eigenvalue weighted by atomic mass is 10.3. The minimum absolute atomic E-state index is 0.729. The van der Waals surface area contributed by atoms with Crippen LogP contribution in [-0.4, -0.2) is 23.7 Å². The number of aryl methyl sites for hydroxylation is 1. The molecule has 4 heteroatoms. The molecule has 68 valence electrons. The average molecular weight is 169 g/mol. The van der Waals surface area contributed by atoms with Crippen molar-refractivity contribution < 1.29 is 4.52 Å². The van der Waals surface area contributed by atoms with Gasteiger partial charge in [-0.2, -0.15) is 4.98 Å². The fourth-order valence-corrected chi connectivity index (χ4v) is 0.949. The van der Waals surface area contributed by atoms with Crippen LogP contribution in [0.1, 0.15) is 25.1 Å². The molecule has 1 N–H and O–H groups in total. The molecule has 12 heavy (non-hydrogen) atoms. The molecular weight excluding hydrogens is 154 g/mol. The highest BCUT2D eigenvalue weighted by atomic mass is 16.5. The zero-order chi connectivity index (χ0) is 8.81. The smallest absolute Gasteiger partial charge is 0.227 e. The summed E-state index contributed by atoms with van der Waals surface area (Å²) in [6.45, 7) is 2.98. The third kappa shape index (κ3) is 2.62. The van der Waals surface area contributed by atoms with Gasteiger partial charge >= 0.3 is 0 Å². The van der Waals surface area contributed by atoms with Crippen LogP contribution in [0, 0.1) is 0 Å². The van der Waals surface area contributed by atoms with Crippen molar-refractivity contribution in [2.75, 3.05) is 13.6 Å². The maximum absolute atomic E-state index is 5.02. The maximum atomic E-state index is 5.02. The summed E-state index contributed by atoms with van der Waals surface area (Å²) < 4.78 is 5.02. The van der Waals surface area contributed by atoms with Crippen molar-refractivity contribution in [1.29, 1.82) is 0 Å². The fourth-order valence-electron chi connectivity index (χ4n) is 0.949. The Kier molecular flexibility index (Phi) is 3.73. The van der Waals surface area contributed by atoms with Gasteiger partial charge in [-0.05, 0) is 13.5 Å². The normalized spacial score (nSPS) is 10.5. The number of hydrogen-bond acceptors (Lipinski definition) is 4. The van der Waals surface area contributed by atoms with E-state index in [1.807, 2.05) is 7.05 Å². The molecule has 0 spiro atoms. The first-order valence-corrected chi connectivity index (χ1v) is 4.33. The Morgan fingerprint density at radius 1 is 1.42 bits per heavy atom. The minimum atomic E-state index is 0.729. The second-order valence-corrected chi connectivity index (χ2v) is 2.71. The van der Waals surface area contributed by atoms with Gasteiger partial charge in [-0.15, -0.1) is 0 Å². The summed E-state index contributed by atoms with van der Waals surface area (Å²) in [4.78, 5) is 4.22. The van der Waals surface area contributed by atoms with E-state index in [-0.39, 0.29) is 0 Å². The molecule has 1 rings (SSSR count). The van der Waals surface area contributed by atoms with Crippen LogP contribution in [0.5, 0.6) is 0 Å². The van der Waals surface area contributed by atoms with E-state index < -0.39 is 0 Å². The average Bonchev–Trinajstić information content (AvgIpc) is 2.50. The van der Waals surface area contributed by atoms with Crippen LogP contribution in [0.15, 0.2) is 4.52 Å². The summed E-state index contributed by atoms with van der Waals surface area (Å²) in [6.07, 6.45) is 2.78. The van der Waals surface area contributed by atoms with Gasteiger partial charge in [-0.1, -0.05) is 12.1 Å². The molecule has 0 aliphatic rings. The lowest BCUT2D eigenvalue weighted by molar-refractivity contribution is 0.372. The molecular formula is C8H15N3O. The molecule has 4 nitrogen and oxygen atoms in total. The summed E-state index contributed by atoms with van der Waals surface area (Å²) in [5, 5.41) is 6.87. The van der Waals surface area contributed by atoms with E-state index in [1.54, 1.807) is 0 Å². The molecule has 1 heterocycles. The van der Waals surface area contributed by atoms with E-state index in [4.69, 9.17) is 4.52 Å².